The molecular formula is C8H14I2O2. The molecule has 0 fully saturated rings. The average Bonchev–Trinajstić information content (AvgIpc) is 2.08. The largest absolute Gasteiger partial charge is 0.462 e. The molecule has 0 aliphatic heterocycles. The summed E-state index contributed by atoms with van der Waals surface area (Å²) in [6, 6.07) is 0. The Morgan fingerprint density at radius 2 is 2.00 bits per heavy atom. The van der Waals surface area contributed by atoms with Crippen LogP contribution < -0.4 is 0 Å². The lowest BCUT2D eigenvalue weighted by Gasteiger charge is -2.01. The summed E-state index contributed by atoms with van der Waals surface area (Å²) in [6.45, 7) is 7.67. The summed E-state index contributed by atoms with van der Waals surface area (Å²) in [6.07, 6.45) is 1.97. The topological polar surface area (TPSA) is 26.3 Å². The molecule has 0 rings (SSSR count). The van der Waals surface area contributed by atoms with Gasteiger partial charge in [-0.2, -0.15) is 0 Å². The van der Waals surface area contributed by atoms with E-state index in [-0.39, 0.29) is 5.97 Å². The maximum atomic E-state index is 10.7. The number of unbranched alkanes of at least 4 members (excludes halogenated alkanes) is 1. The SMILES string of the molecule is C=C(C)C(=O)OCCCC.II. The van der Waals surface area contributed by atoms with Crippen LogP contribution in [0.25, 0.3) is 0 Å². The van der Waals surface area contributed by atoms with Gasteiger partial charge in [0, 0.05) is 42.8 Å². The molecule has 0 atom stereocenters. The maximum Gasteiger partial charge on any atom is 0.333 e. The molecule has 0 amide bonds. The van der Waals surface area contributed by atoms with Crippen molar-refractivity contribution < 1.29 is 9.53 Å². The third-order valence-corrected chi connectivity index (χ3v) is 1.08. The van der Waals surface area contributed by atoms with Gasteiger partial charge in [-0.1, -0.05) is 19.9 Å². The van der Waals surface area contributed by atoms with Crippen molar-refractivity contribution >= 4 is 43.2 Å². The molecule has 0 aliphatic rings. The summed E-state index contributed by atoms with van der Waals surface area (Å²) in [5, 5.41) is 0. The van der Waals surface area contributed by atoms with Gasteiger partial charge in [-0.15, -0.1) is 0 Å². The highest BCUT2D eigenvalue weighted by Gasteiger charge is 2.00. The van der Waals surface area contributed by atoms with E-state index in [1.807, 2.05) is 0 Å². The molecule has 0 aliphatic carbocycles. The Balaban J connectivity index is 0. The zero-order chi connectivity index (χ0) is 9.98. The number of carbonyl (C=O) groups is 1. The molecule has 0 unspecified atom stereocenters. The zero-order valence-electron chi connectivity index (χ0n) is 7.40. The van der Waals surface area contributed by atoms with E-state index < -0.39 is 0 Å². The minimum Gasteiger partial charge on any atom is -0.462 e. The fraction of sp³-hybridized carbons (Fsp3) is 0.625. The number of esters is 1. The Morgan fingerprint density at radius 1 is 1.50 bits per heavy atom. The molecule has 0 aromatic heterocycles. The van der Waals surface area contributed by atoms with Crippen molar-refractivity contribution in [1.82, 2.24) is 0 Å². The highest BCUT2D eigenvalue weighted by molar-refractivity contribution is 15.0. The van der Waals surface area contributed by atoms with E-state index >= 15 is 0 Å². The van der Waals surface area contributed by atoms with Gasteiger partial charge in [0.15, 0.2) is 0 Å². The van der Waals surface area contributed by atoms with Crippen LogP contribution in [0.4, 0.5) is 0 Å². The molecule has 0 bridgehead atoms. The van der Waals surface area contributed by atoms with Gasteiger partial charge in [0.1, 0.15) is 0 Å². The molecule has 0 saturated carbocycles. The summed E-state index contributed by atoms with van der Waals surface area (Å²) in [5.41, 5.74) is 0.469. The third-order valence-electron chi connectivity index (χ3n) is 1.08. The molecule has 0 radical (unpaired) electrons. The van der Waals surface area contributed by atoms with Gasteiger partial charge in [0.2, 0.25) is 0 Å². The first kappa shape index (κ1) is 15.2. The van der Waals surface area contributed by atoms with E-state index in [1.165, 1.54) is 0 Å². The fourth-order valence-corrected chi connectivity index (χ4v) is 0.432. The highest BCUT2D eigenvalue weighted by atomic mass is 128. The van der Waals surface area contributed by atoms with Crippen molar-refractivity contribution in [3.05, 3.63) is 12.2 Å². The molecule has 4 heteroatoms. The quantitative estimate of drug-likeness (QED) is 0.314. The Morgan fingerprint density at radius 3 is 2.33 bits per heavy atom. The van der Waals surface area contributed by atoms with Crippen LogP contribution in [-0.4, -0.2) is 12.6 Å². The number of hydrogen-bond donors (Lipinski definition) is 0. The van der Waals surface area contributed by atoms with Crippen LogP contribution in [0.5, 0.6) is 0 Å². The summed E-state index contributed by atoms with van der Waals surface area (Å²) >= 11 is 4.24. The molecule has 0 saturated heterocycles. The zero-order valence-corrected chi connectivity index (χ0v) is 11.7. The van der Waals surface area contributed by atoms with Crippen molar-refractivity contribution in [2.75, 3.05) is 6.61 Å². The third kappa shape index (κ3) is 10.7. The summed E-state index contributed by atoms with van der Waals surface area (Å²) < 4.78 is 4.81. The van der Waals surface area contributed by atoms with E-state index in [2.05, 4.69) is 50.7 Å². The van der Waals surface area contributed by atoms with Crippen LogP contribution in [0.15, 0.2) is 12.2 Å². The van der Waals surface area contributed by atoms with Crippen molar-refractivity contribution in [2.24, 2.45) is 0 Å². The van der Waals surface area contributed by atoms with Crippen molar-refractivity contribution in [3.8, 4) is 0 Å². The first-order chi connectivity index (χ1) is 5.68. The smallest absolute Gasteiger partial charge is 0.333 e. The maximum absolute atomic E-state index is 10.7. The number of hydrogen-bond acceptors (Lipinski definition) is 2. The lowest BCUT2D eigenvalue weighted by molar-refractivity contribution is -0.139. The Kier molecular flexibility index (Phi) is 14.7. The second-order valence-corrected chi connectivity index (χ2v) is 2.27. The van der Waals surface area contributed by atoms with Gasteiger partial charge in [-0.25, -0.2) is 4.79 Å². The molecular weight excluding hydrogens is 382 g/mol. The Hall–Kier alpha value is 0.670. The van der Waals surface area contributed by atoms with Gasteiger partial charge >= 0.3 is 5.97 Å². The molecule has 0 heterocycles. The first-order valence-electron chi connectivity index (χ1n) is 3.65. The molecule has 0 aromatic rings. The van der Waals surface area contributed by atoms with Crippen molar-refractivity contribution in [1.29, 1.82) is 0 Å². The van der Waals surface area contributed by atoms with Crippen LogP contribution in [0.1, 0.15) is 26.7 Å². The average molecular weight is 396 g/mol. The second kappa shape index (κ2) is 11.7. The van der Waals surface area contributed by atoms with Crippen molar-refractivity contribution in [2.45, 2.75) is 26.7 Å². The van der Waals surface area contributed by atoms with Crippen molar-refractivity contribution in [3.63, 3.8) is 0 Å². The van der Waals surface area contributed by atoms with E-state index in [0.29, 0.717) is 12.2 Å². The summed E-state index contributed by atoms with van der Waals surface area (Å²) in [4.78, 5) is 10.7. The number of ether oxygens (including phenoxy) is 1. The van der Waals surface area contributed by atoms with Crippen LogP contribution >= 0.6 is 37.2 Å². The Labute approximate surface area is 97.4 Å². The van der Waals surface area contributed by atoms with E-state index in [1.54, 1.807) is 6.92 Å². The first-order valence-corrected chi connectivity index (χ1v) is 9.94. The predicted molar refractivity (Wildman–Crippen MR) is 68.7 cm³/mol. The Bertz CT molecular complexity index is 135. The van der Waals surface area contributed by atoms with Crippen LogP contribution in [0.2, 0.25) is 0 Å². The minimum absolute atomic E-state index is 0.284. The van der Waals surface area contributed by atoms with E-state index in [0.717, 1.165) is 12.8 Å². The van der Waals surface area contributed by atoms with E-state index in [4.69, 9.17) is 4.74 Å². The van der Waals surface area contributed by atoms with Crippen LogP contribution in [-0.2, 0) is 9.53 Å². The predicted octanol–water partition coefficient (Wildman–Crippen LogP) is 3.68. The molecule has 0 aromatic carbocycles. The van der Waals surface area contributed by atoms with Crippen LogP contribution in [0, 0.1) is 0 Å². The van der Waals surface area contributed by atoms with E-state index in [9.17, 15) is 4.79 Å². The molecule has 0 spiro atoms. The standard InChI is InChI=1S/C8H14O2.I2/c1-4-5-6-10-8(9)7(2)3;1-2/h2,4-6H2,1,3H3;. The second-order valence-electron chi connectivity index (χ2n) is 2.27. The van der Waals surface area contributed by atoms with Gasteiger partial charge in [0.05, 0.1) is 6.61 Å². The number of rotatable bonds is 4. The van der Waals surface area contributed by atoms with Gasteiger partial charge in [0.25, 0.3) is 0 Å². The van der Waals surface area contributed by atoms with Gasteiger partial charge in [-0.3, -0.25) is 0 Å². The molecule has 2 nitrogen and oxygen atoms in total. The normalized spacial score (nSPS) is 8.00. The minimum atomic E-state index is -0.284. The number of carbonyl (C=O) groups excluding carboxylic acids is 1. The summed E-state index contributed by atoms with van der Waals surface area (Å²) in [7, 11) is 0. The van der Waals surface area contributed by atoms with Gasteiger partial charge < -0.3 is 4.74 Å². The molecule has 0 N–H and O–H groups in total. The lowest BCUT2D eigenvalue weighted by Crippen LogP contribution is -2.05. The highest BCUT2D eigenvalue weighted by Crippen LogP contribution is 1.94. The number of halogens is 2. The summed E-state index contributed by atoms with van der Waals surface area (Å²) in [5.74, 6) is -0.284. The molecule has 12 heavy (non-hydrogen) atoms. The molecule has 72 valence electrons. The van der Waals surface area contributed by atoms with Crippen LogP contribution in [0.3, 0.4) is 0 Å². The fourth-order valence-electron chi connectivity index (χ4n) is 0.432. The lowest BCUT2D eigenvalue weighted by atomic mass is 10.3. The monoisotopic (exact) mass is 396 g/mol. The van der Waals surface area contributed by atoms with Gasteiger partial charge in [-0.05, 0) is 13.3 Å².